The highest BCUT2D eigenvalue weighted by Crippen LogP contribution is 2.37. The number of carbonyl (C=O) groups is 1. The summed E-state index contributed by atoms with van der Waals surface area (Å²) < 4.78 is 27.5. The van der Waals surface area contributed by atoms with Crippen molar-refractivity contribution in [3.63, 3.8) is 0 Å². The third-order valence-electron chi connectivity index (χ3n) is 6.21. The van der Waals surface area contributed by atoms with E-state index in [1.807, 2.05) is 0 Å². The molecule has 0 spiro atoms. The molecule has 1 aliphatic heterocycles. The molecule has 0 aromatic heterocycles. The van der Waals surface area contributed by atoms with Crippen molar-refractivity contribution in [2.45, 2.75) is 44.4 Å². The van der Waals surface area contributed by atoms with Gasteiger partial charge in [0.1, 0.15) is 5.75 Å². The Morgan fingerprint density at radius 3 is 2.66 bits per heavy atom. The average molecular weight is 476 g/mol. The number of hydrogen-bond acceptors (Lipinski definition) is 5. The largest absolute Gasteiger partial charge is 0.507 e. The fourth-order valence-electron chi connectivity index (χ4n) is 4.20. The SMILES string of the molecule is Cc1cc(Cl)c2c(c1O)/C(=N/NC(=O)c1cccc(S(=O)(=O)N3CCC(C)CC3)c1)CC2. The number of aromatic hydroxyl groups is 1. The van der Waals surface area contributed by atoms with Gasteiger partial charge in [-0.1, -0.05) is 24.6 Å². The maximum Gasteiger partial charge on any atom is 0.271 e. The minimum absolute atomic E-state index is 0.0959. The molecule has 32 heavy (non-hydrogen) atoms. The van der Waals surface area contributed by atoms with E-state index >= 15 is 0 Å². The van der Waals surface area contributed by atoms with Gasteiger partial charge < -0.3 is 5.11 Å². The fourth-order valence-corrected chi connectivity index (χ4v) is 6.06. The predicted octanol–water partition coefficient (Wildman–Crippen LogP) is 3.85. The lowest BCUT2D eigenvalue weighted by atomic mass is 10.0. The van der Waals surface area contributed by atoms with Gasteiger partial charge in [0.15, 0.2) is 0 Å². The summed E-state index contributed by atoms with van der Waals surface area (Å²) in [6.07, 6.45) is 2.82. The van der Waals surface area contributed by atoms with E-state index in [0.717, 1.165) is 18.4 Å². The third kappa shape index (κ3) is 4.27. The van der Waals surface area contributed by atoms with Crippen LogP contribution in [-0.4, -0.2) is 42.5 Å². The maximum absolute atomic E-state index is 13.0. The van der Waals surface area contributed by atoms with Gasteiger partial charge in [0.2, 0.25) is 10.0 Å². The monoisotopic (exact) mass is 475 g/mol. The second kappa shape index (κ2) is 8.84. The van der Waals surface area contributed by atoms with Crippen molar-refractivity contribution >= 4 is 33.2 Å². The molecule has 1 aliphatic carbocycles. The molecule has 1 fully saturated rings. The molecule has 0 saturated carbocycles. The number of nitrogens with one attached hydrogen (secondary N) is 1. The number of hydrogen-bond donors (Lipinski definition) is 2. The fraction of sp³-hybridized carbons (Fsp3) is 0.391. The molecule has 0 bridgehead atoms. The first-order valence-electron chi connectivity index (χ1n) is 10.7. The Bertz CT molecular complexity index is 1200. The van der Waals surface area contributed by atoms with Crippen molar-refractivity contribution in [2.24, 2.45) is 11.0 Å². The molecule has 2 N–H and O–H groups in total. The summed E-state index contributed by atoms with van der Waals surface area (Å²) >= 11 is 6.29. The van der Waals surface area contributed by atoms with Crippen molar-refractivity contribution in [1.82, 2.24) is 9.73 Å². The van der Waals surface area contributed by atoms with Crippen LogP contribution >= 0.6 is 11.6 Å². The Kier molecular flexibility index (Phi) is 6.29. The van der Waals surface area contributed by atoms with E-state index in [2.05, 4.69) is 17.5 Å². The van der Waals surface area contributed by atoms with Crippen LogP contribution in [0.4, 0.5) is 0 Å². The first-order chi connectivity index (χ1) is 15.2. The average Bonchev–Trinajstić information content (AvgIpc) is 3.21. The van der Waals surface area contributed by atoms with E-state index in [1.54, 1.807) is 25.1 Å². The number of aryl methyl sites for hydroxylation is 1. The highest BCUT2D eigenvalue weighted by molar-refractivity contribution is 7.89. The quantitative estimate of drug-likeness (QED) is 0.656. The lowest BCUT2D eigenvalue weighted by Crippen LogP contribution is -2.38. The Balaban J connectivity index is 1.54. The van der Waals surface area contributed by atoms with Crippen LogP contribution in [0.3, 0.4) is 0 Å². The van der Waals surface area contributed by atoms with E-state index in [1.165, 1.54) is 16.4 Å². The number of carbonyl (C=O) groups excluding carboxylic acids is 1. The van der Waals surface area contributed by atoms with Crippen molar-refractivity contribution in [3.05, 3.63) is 57.6 Å². The molecular formula is C23H26ClN3O4S. The lowest BCUT2D eigenvalue weighted by Gasteiger charge is -2.29. The standard InChI is InChI=1S/C23H26ClN3O4S/c1-14-8-10-27(11-9-14)32(30,31)17-5-3-4-16(13-17)23(29)26-25-20-7-6-18-19(24)12-15(2)22(28)21(18)20/h3-5,12-14,28H,6-11H2,1-2H3,(H,26,29)/b25-20+. The summed E-state index contributed by atoms with van der Waals surface area (Å²) in [5.74, 6) is 0.101. The lowest BCUT2D eigenvalue weighted by molar-refractivity contribution is 0.0954. The number of sulfonamides is 1. The van der Waals surface area contributed by atoms with Crippen LogP contribution in [0.5, 0.6) is 5.75 Å². The number of piperidine rings is 1. The molecule has 2 aliphatic rings. The first-order valence-corrected chi connectivity index (χ1v) is 12.5. The Hall–Kier alpha value is -2.42. The van der Waals surface area contributed by atoms with Crippen molar-refractivity contribution in [3.8, 4) is 5.75 Å². The summed E-state index contributed by atoms with van der Waals surface area (Å²) in [7, 11) is -3.66. The highest BCUT2D eigenvalue weighted by atomic mass is 35.5. The van der Waals surface area contributed by atoms with Crippen LogP contribution in [0.2, 0.25) is 5.02 Å². The predicted molar refractivity (Wildman–Crippen MR) is 124 cm³/mol. The van der Waals surface area contributed by atoms with E-state index in [4.69, 9.17) is 11.6 Å². The summed E-state index contributed by atoms with van der Waals surface area (Å²) in [6.45, 7) is 4.84. The third-order valence-corrected chi connectivity index (χ3v) is 8.44. The number of phenolic OH excluding ortho intramolecular Hbond substituents is 1. The van der Waals surface area contributed by atoms with Gasteiger partial charge in [-0.2, -0.15) is 9.41 Å². The van der Waals surface area contributed by atoms with E-state index in [-0.39, 0.29) is 16.2 Å². The molecule has 1 heterocycles. The zero-order chi connectivity index (χ0) is 23.0. The molecule has 7 nitrogen and oxygen atoms in total. The van der Waals surface area contributed by atoms with Crippen molar-refractivity contribution in [2.75, 3.05) is 13.1 Å². The van der Waals surface area contributed by atoms with Crippen LogP contribution in [0.1, 0.15) is 53.2 Å². The number of phenols is 1. The Morgan fingerprint density at radius 2 is 1.94 bits per heavy atom. The summed E-state index contributed by atoms with van der Waals surface area (Å²) in [5.41, 5.74) is 5.25. The number of amides is 1. The molecule has 1 saturated heterocycles. The molecule has 0 radical (unpaired) electrons. The van der Waals surface area contributed by atoms with E-state index in [0.29, 0.717) is 53.7 Å². The number of fused-ring (bicyclic) bond motifs is 1. The number of benzene rings is 2. The van der Waals surface area contributed by atoms with Gasteiger partial charge in [-0.05, 0) is 73.9 Å². The molecule has 4 rings (SSSR count). The molecule has 0 unspecified atom stereocenters. The van der Waals surface area contributed by atoms with Gasteiger partial charge in [-0.25, -0.2) is 13.8 Å². The molecule has 0 atom stereocenters. The van der Waals surface area contributed by atoms with Gasteiger partial charge in [-0.15, -0.1) is 0 Å². The van der Waals surface area contributed by atoms with Crippen LogP contribution < -0.4 is 5.43 Å². The van der Waals surface area contributed by atoms with E-state index in [9.17, 15) is 18.3 Å². The first kappa shape index (κ1) is 22.8. The summed E-state index contributed by atoms with van der Waals surface area (Å²) in [4.78, 5) is 12.8. The number of rotatable bonds is 4. The van der Waals surface area contributed by atoms with Crippen LogP contribution in [-0.2, 0) is 16.4 Å². The smallest absolute Gasteiger partial charge is 0.271 e. The molecule has 9 heteroatoms. The second-order valence-electron chi connectivity index (χ2n) is 8.49. The van der Waals surface area contributed by atoms with Crippen LogP contribution in [0.15, 0.2) is 40.3 Å². The molecule has 170 valence electrons. The summed E-state index contributed by atoms with van der Waals surface area (Å²) in [5, 5.41) is 15.2. The summed E-state index contributed by atoms with van der Waals surface area (Å²) in [6, 6.07) is 7.71. The van der Waals surface area contributed by atoms with Gasteiger partial charge >= 0.3 is 0 Å². The van der Waals surface area contributed by atoms with E-state index < -0.39 is 15.9 Å². The molecular weight excluding hydrogens is 450 g/mol. The normalized spacial score (nSPS) is 18.7. The van der Waals surface area contributed by atoms with Gasteiger partial charge in [0, 0.05) is 29.2 Å². The molecule has 2 aromatic carbocycles. The Morgan fingerprint density at radius 1 is 1.22 bits per heavy atom. The minimum atomic E-state index is -3.66. The van der Waals surface area contributed by atoms with Crippen LogP contribution in [0, 0.1) is 12.8 Å². The van der Waals surface area contributed by atoms with Gasteiger partial charge in [0.05, 0.1) is 10.6 Å². The molecule has 1 amide bonds. The van der Waals surface area contributed by atoms with Gasteiger partial charge in [-0.3, -0.25) is 4.79 Å². The zero-order valence-electron chi connectivity index (χ0n) is 18.1. The van der Waals surface area contributed by atoms with Crippen molar-refractivity contribution in [1.29, 1.82) is 0 Å². The minimum Gasteiger partial charge on any atom is -0.507 e. The number of halogens is 1. The molecule has 2 aromatic rings. The second-order valence-corrected chi connectivity index (χ2v) is 10.8. The van der Waals surface area contributed by atoms with Crippen molar-refractivity contribution < 1.29 is 18.3 Å². The maximum atomic E-state index is 13.0. The number of nitrogens with zero attached hydrogens (tertiary/aromatic N) is 2. The zero-order valence-corrected chi connectivity index (χ0v) is 19.6. The highest BCUT2D eigenvalue weighted by Gasteiger charge is 2.29. The topological polar surface area (TPSA) is 99.1 Å². The number of hydrazone groups is 1. The van der Waals surface area contributed by atoms with Crippen LogP contribution in [0.25, 0.3) is 0 Å². The Labute approximate surface area is 193 Å². The van der Waals surface area contributed by atoms with Gasteiger partial charge in [0.25, 0.3) is 5.91 Å².